The third-order valence-corrected chi connectivity index (χ3v) is 2.91. The Hall–Kier alpha value is -0.0600. The molecular formula is C11H23FN2S. The molecule has 1 rings (SSSR count). The Morgan fingerprint density at radius 1 is 1.47 bits per heavy atom. The van der Waals surface area contributed by atoms with Crippen molar-refractivity contribution in [2.24, 2.45) is 0 Å². The third kappa shape index (κ3) is 6.17. The first-order chi connectivity index (χ1) is 7.24. The van der Waals surface area contributed by atoms with Crippen molar-refractivity contribution in [1.82, 2.24) is 10.2 Å². The first kappa shape index (κ1) is 14.9. The van der Waals surface area contributed by atoms with Crippen LogP contribution in [0.4, 0.5) is 4.39 Å². The quantitative estimate of drug-likeness (QED) is 0.733. The van der Waals surface area contributed by atoms with Gasteiger partial charge in [-0.25, -0.2) is 4.39 Å². The van der Waals surface area contributed by atoms with Crippen molar-refractivity contribution in [2.75, 3.05) is 33.4 Å². The van der Waals surface area contributed by atoms with Crippen molar-refractivity contribution in [3.8, 4) is 0 Å². The van der Waals surface area contributed by atoms with Crippen LogP contribution in [-0.2, 0) is 0 Å². The van der Waals surface area contributed by atoms with Crippen LogP contribution in [0.15, 0.2) is 0 Å². The minimum Gasteiger partial charge on any atom is -0.309 e. The second-order valence-corrected chi connectivity index (χ2v) is 4.03. The highest BCUT2D eigenvalue weighted by molar-refractivity contribution is 7.80. The summed E-state index contributed by atoms with van der Waals surface area (Å²) < 4.78 is 11.9. The number of nitrogens with one attached hydrogen (secondary N) is 1. The van der Waals surface area contributed by atoms with Crippen molar-refractivity contribution in [3.63, 3.8) is 0 Å². The molecule has 1 aliphatic heterocycles. The summed E-state index contributed by atoms with van der Waals surface area (Å²) in [5.41, 5.74) is 0. The number of rotatable bonds is 5. The van der Waals surface area contributed by atoms with Gasteiger partial charge >= 0.3 is 0 Å². The van der Waals surface area contributed by atoms with Gasteiger partial charge in [0, 0.05) is 24.0 Å². The fourth-order valence-corrected chi connectivity index (χ4v) is 1.83. The van der Waals surface area contributed by atoms with Gasteiger partial charge in [0.25, 0.3) is 0 Å². The molecule has 1 unspecified atom stereocenters. The van der Waals surface area contributed by atoms with Crippen LogP contribution in [-0.4, -0.2) is 49.2 Å². The number of hydrogen-bond donors (Lipinski definition) is 1. The molecule has 0 radical (unpaired) electrons. The Balaban J connectivity index is 0.000000921. The summed E-state index contributed by atoms with van der Waals surface area (Å²) in [6, 6.07) is 0.386. The molecule has 0 aromatic heterocycles. The van der Waals surface area contributed by atoms with Crippen LogP contribution in [0.2, 0.25) is 0 Å². The fraction of sp³-hybridized carbons (Fsp3) is 0.909. The van der Waals surface area contributed by atoms with Gasteiger partial charge in [0.15, 0.2) is 0 Å². The summed E-state index contributed by atoms with van der Waals surface area (Å²) in [5, 5.41) is 3.34. The predicted molar refractivity (Wildman–Crippen MR) is 68.4 cm³/mol. The summed E-state index contributed by atoms with van der Waals surface area (Å²) in [6.45, 7) is 6.19. The van der Waals surface area contributed by atoms with Gasteiger partial charge in [0.2, 0.25) is 0 Å². The Morgan fingerprint density at radius 2 is 2.13 bits per heavy atom. The smallest absolute Gasteiger partial charge is 0.102 e. The maximum Gasteiger partial charge on any atom is 0.102 e. The largest absolute Gasteiger partial charge is 0.309 e. The average Bonchev–Trinajstić information content (AvgIpc) is 2.65. The summed E-state index contributed by atoms with van der Waals surface area (Å²) >= 11 is 5.20. The van der Waals surface area contributed by atoms with Crippen molar-refractivity contribution < 1.29 is 4.39 Å². The molecular weight excluding hydrogens is 211 g/mol. The Labute approximate surface area is 98.2 Å². The Bertz CT molecular complexity index is 176. The van der Waals surface area contributed by atoms with E-state index in [1.807, 2.05) is 25.8 Å². The summed E-state index contributed by atoms with van der Waals surface area (Å²) in [5.74, 6) is 0. The van der Waals surface area contributed by atoms with E-state index in [4.69, 9.17) is 12.2 Å². The van der Waals surface area contributed by atoms with E-state index in [1.165, 1.54) is 0 Å². The van der Waals surface area contributed by atoms with E-state index in [2.05, 4.69) is 5.32 Å². The second kappa shape index (κ2) is 9.19. The molecule has 2 nitrogen and oxygen atoms in total. The van der Waals surface area contributed by atoms with Crippen LogP contribution in [0, 0.1) is 0 Å². The van der Waals surface area contributed by atoms with E-state index in [9.17, 15) is 4.39 Å². The maximum absolute atomic E-state index is 11.9. The standard InChI is InChI=1S/C9H17FN2S.C2H6/c1-12(7-4-10)6-3-8-9(13)2-5-11-8;1-2/h8,11H,2-7H2,1H3;1-2H3. The molecule has 1 fully saturated rings. The van der Waals surface area contributed by atoms with Gasteiger partial charge in [0.05, 0.1) is 0 Å². The second-order valence-electron chi connectivity index (χ2n) is 3.50. The van der Waals surface area contributed by atoms with Crippen molar-refractivity contribution in [1.29, 1.82) is 0 Å². The van der Waals surface area contributed by atoms with Crippen LogP contribution in [0.25, 0.3) is 0 Å². The minimum absolute atomic E-state index is 0.265. The molecule has 4 heteroatoms. The molecule has 90 valence electrons. The van der Waals surface area contributed by atoms with Gasteiger partial charge in [-0.2, -0.15) is 0 Å². The van der Waals surface area contributed by atoms with Crippen molar-refractivity contribution >= 4 is 17.1 Å². The van der Waals surface area contributed by atoms with Crippen molar-refractivity contribution in [3.05, 3.63) is 0 Å². The van der Waals surface area contributed by atoms with Crippen LogP contribution in [0.3, 0.4) is 0 Å². The monoisotopic (exact) mass is 234 g/mol. The lowest BCUT2D eigenvalue weighted by Crippen LogP contribution is -2.32. The number of thiocarbonyl (C=S) groups is 1. The number of alkyl halides is 1. The highest BCUT2D eigenvalue weighted by Crippen LogP contribution is 2.07. The van der Waals surface area contributed by atoms with Gasteiger partial charge in [-0.1, -0.05) is 26.1 Å². The summed E-state index contributed by atoms with van der Waals surface area (Å²) in [6.07, 6.45) is 2.03. The summed E-state index contributed by atoms with van der Waals surface area (Å²) in [7, 11) is 1.94. The van der Waals surface area contributed by atoms with Gasteiger partial charge in [-0.15, -0.1) is 0 Å². The molecule has 0 aromatic rings. The van der Waals surface area contributed by atoms with Gasteiger partial charge < -0.3 is 10.2 Å². The molecule has 0 bridgehead atoms. The zero-order chi connectivity index (χ0) is 11.7. The normalized spacial score (nSPS) is 20.3. The molecule has 1 saturated heterocycles. The first-order valence-electron chi connectivity index (χ1n) is 5.74. The molecule has 0 spiro atoms. The fourth-order valence-electron chi connectivity index (χ4n) is 1.53. The van der Waals surface area contributed by atoms with E-state index in [0.29, 0.717) is 12.6 Å². The van der Waals surface area contributed by atoms with E-state index in [-0.39, 0.29) is 6.67 Å². The van der Waals surface area contributed by atoms with Gasteiger partial charge in [0.1, 0.15) is 6.67 Å². The van der Waals surface area contributed by atoms with Crippen LogP contribution >= 0.6 is 12.2 Å². The zero-order valence-corrected chi connectivity index (χ0v) is 10.9. The third-order valence-electron chi connectivity index (χ3n) is 2.42. The first-order valence-corrected chi connectivity index (χ1v) is 6.15. The van der Waals surface area contributed by atoms with E-state index in [1.54, 1.807) is 0 Å². The average molecular weight is 234 g/mol. The molecule has 1 N–H and O–H groups in total. The summed E-state index contributed by atoms with van der Waals surface area (Å²) in [4.78, 5) is 3.14. The number of nitrogens with zero attached hydrogens (tertiary/aromatic N) is 1. The molecule has 1 heterocycles. The molecule has 0 amide bonds. The number of hydrogen-bond acceptors (Lipinski definition) is 3. The van der Waals surface area contributed by atoms with Crippen LogP contribution < -0.4 is 5.32 Å². The SMILES string of the molecule is CC.CN(CCF)CCC1NCCC1=S. The topological polar surface area (TPSA) is 15.3 Å². The molecule has 0 aliphatic carbocycles. The molecule has 15 heavy (non-hydrogen) atoms. The Morgan fingerprint density at radius 3 is 2.60 bits per heavy atom. The van der Waals surface area contributed by atoms with Crippen LogP contribution in [0.1, 0.15) is 26.7 Å². The van der Waals surface area contributed by atoms with Crippen molar-refractivity contribution in [2.45, 2.75) is 32.7 Å². The number of halogens is 1. The molecule has 0 saturated carbocycles. The van der Waals surface area contributed by atoms with E-state index >= 15 is 0 Å². The molecule has 1 aliphatic rings. The maximum atomic E-state index is 11.9. The minimum atomic E-state index is -0.265. The van der Waals surface area contributed by atoms with Gasteiger partial charge in [-0.05, 0) is 26.4 Å². The van der Waals surface area contributed by atoms with E-state index in [0.717, 1.165) is 30.8 Å². The lowest BCUT2D eigenvalue weighted by molar-refractivity contribution is 0.288. The highest BCUT2D eigenvalue weighted by Gasteiger charge is 2.19. The highest BCUT2D eigenvalue weighted by atomic mass is 32.1. The Kier molecular flexibility index (Phi) is 9.15. The zero-order valence-electron chi connectivity index (χ0n) is 10.1. The predicted octanol–water partition coefficient (Wildman–Crippen LogP) is 2.04. The lowest BCUT2D eigenvalue weighted by Gasteiger charge is -2.17. The van der Waals surface area contributed by atoms with Gasteiger partial charge in [-0.3, -0.25) is 0 Å². The van der Waals surface area contributed by atoms with E-state index < -0.39 is 0 Å². The van der Waals surface area contributed by atoms with Crippen LogP contribution in [0.5, 0.6) is 0 Å². The molecule has 0 aromatic carbocycles. The lowest BCUT2D eigenvalue weighted by atomic mass is 10.1. The molecule has 1 atom stereocenters.